The van der Waals surface area contributed by atoms with Crippen LogP contribution in [0.2, 0.25) is 0 Å². The lowest BCUT2D eigenvalue weighted by Gasteiger charge is -2.34. The maximum absolute atomic E-state index is 3.20. The first-order valence-electron chi connectivity index (χ1n) is 25.1. The third-order valence-corrected chi connectivity index (χ3v) is 13.3. The van der Waals surface area contributed by atoms with Crippen LogP contribution in [0, 0.1) is 0 Å². The van der Waals surface area contributed by atoms with Crippen molar-refractivity contribution in [2.75, 3.05) is 27.1 Å². The summed E-state index contributed by atoms with van der Waals surface area (Å²) in [7, 11) is 1.95. The molecule has 1 N–H and O–H groups in total. The summed E-state index contributed by atoms with van der Waals surface area (Å²) in [5.41, 5.74) is 14.1. The van der Waals surface area contributed by atoms with Gasteiger partial charge in [0.15, 0.2) is 0 Å². The molecule has 1 atom stereocenters. The Bertz CT molecular complexity index is 3400. The van der Waals surface area contributed by atoms with Gasteiger partial charge in [0, 0.05) is 57.6 Å². The predicted octanol–water partition coefficient (Wildman–Crippen LogP) is 18.8. The Balaban J connectivity index is 0.000000183. The van der Waals surface area contributed by atoms with Gasteiger partial charge < -0.3 is 20.0 Å². The van der Waals surface area contributed by atoms with Gasteiger partial charge in [-0.25, -0.2) is 0 Å². The van der Waals surface area contributed by atoms with E-state index in [9.17, 15) is 0 Å². The van der Waals surface area contributed by atoms with E-state index < -0.39 is 0 Å². The zero-order chi connectivity index (χ0) is 48.9. The molecule has 0 aliphatic heterocycles. The molecule has 0 aromatic heterocycles. The standard InChI is InChI=1S/C41H37N3.C27H23N/c1-42-34-23-19-31(20-24-34)32-21-25-37(26-22-32)43(35-13-4-2-5-14-35)38-27-29-39(30-28-38)44(36-15-6-3-7-16-36)41-18-10-12-33-11-8-9-17-40(33)41;1-2-3-5-11-22-18-20-25(21-19-22)28(24-14-6-4-7-15-24)27-17-10-13-23-12-8-9-16-26(23)27/h2,4-6,8-13,15-30,35,42H,3,7,14H2,1H3;2-21H,1H3/b;3-2-,11-5-. The van der Waals surface area contributed by atoms with Crippen molar-refractivity contribution >= 4 is 73.1 Å². The van der Waals surface area contributed by atoms with Gasteiger partial charge in [-0.1, -0.05) is 188 Å². The Labute approximate surface area is 425 Å². The summed E-state index contributed by atoms with van der Waals surface area (Å²) in [4.78, 5) is 7.19. The third kappa shape index (κ3) is 10.6. The van der Waals surface area contributed by atoms with Crippen LogP contribution in [0.3, 0.4) is 0 Å². The fraction of sp³-hybridized carbons (Fsp3) is 0.0882. The average Bonchev–Trinajstić information content (AvgIpc) is 3.45. The van der Waals surface area contributed by atoms with Crippen LogP contribution in [0.15, 0.2) is 279 Å². The second-order valence-electron chi connectivity index (χ2n) is 18.0. The molecular formula is C68H60N4. The van der Waals surface area contributed by atoms with Gasteiger partial charge >= 0.3 is 0 Å². The molecule has 0 saturated heterocycles. The molecule has 0 spiro atoms. The molecule has 1 unspecified atom stereocenters. The Morgan fingerprint density at radius 2 is 1.01 bits per heavy atom. The number of hydrogen-bond donors (Lipinski definition) is 1. The Morgan fingerprint density at radius 1 is 0.472 bits per heavy atom. The van der Waals surface area contributed by atoms with Crippen LogP contribution in [0.5, 0.6) is 0 Å². The molecule has 2 aliphatic carbocycles. The van der Waals surface area contributed by atoms with Crippen molar-refractivity contribution in [3.63, 3.8) is 0 Å². The highest BCUT2D eigenvalue weighted by molar-refractivity contribution is 5.99. The summed E-state index contributed by atoms with van der Waals surface area (Å²) >= 11 is 0. The number of anilines is 8. The minimum Gasteiger partial charge on any atom is -0.388 e. The summed E-state index contributed by atoms with van der Waals surface area (Å²) in [5, 5.41) is 8.18. The van der Waals surface area contributed by atoms with E-state index in [-0.39, 0.29) is 6.04 Å². The van der Waals surface area contributed by atoms with Crippen LogP contribution >= 0.6 is 0 Å². The molecule has 2 aliphatic rings. The first kappa shape index (κ1) is 46.8. The van der Waals surface area contributed by atoms with Gasteiger partial charge in [-0.3, -0.25) is 0 Å². The number of benzene rings is 9. The number of rotatable bonds is 13. The van der Waals surface area contributed by atoms with Crippen molar-refractivity contribution in [3.8, 4) is 11.1 Å². The maximum Gasteiger partial charge on any atom is 0.0559 e. The van der Waals surface area contributed by atoms with Crippen molar-refractivity contribution in [1.29, 1.82) is 0 Å². The first-order chi connectivity index (χ1) is 35.6. The van der Waals surface area contributed by atoms with E-state index in [0.29, 0.717) is 0 Å². The largest absolute Gasteiger partial charge is 0.388 e. The minimum absolute atomic E-state index is 0.241. The molecule has 0 heterocycles. The van der Waals surface area contributed by atoms with E-state index in [1.807, 2.05) is 26.1 Å². The second-order valence-corrected chi connectivity index (χ2v) is 18.0. The van der Waals surface area contributed by atoms with E-state index >= 15 is 0 Å². The van der Waals surface area contributed by atoms with Crippen LogP contribution < -0.4 is 20.0 Å². The molecule has 4 nitrogen and oxygen atoms in total. The van der Waals surface area contributed by atoms with Gasteiger partial charge in [-0.2, -0.15) is 0 Å². The molecule has 9 aromatic rings. The summed E-state index contributed by atoms with van der Waals surface area (Å²) < 4.78 is 0. The van der Waals surface area contributed by atoms with Crippen molar-refractivity contribution in [3.05, 3.63) is 284 Å². The smallest absolute Gasteiger partial charge is 0.0559 e. The SMILES string of the molecule is C/C=C\C=C/c1ccc(N(c2ccccc2)c2cccc3ccccc23)cc1.CNc1ccc(-c2ccc(N(c3ccc(N(C4=CCCC=C4)c4cccc5ccccc45)cc3)C3C=CC=CC3)cc2)cc1. The maximum atomic E-state index is 3.20. The van der Waals surface area contributed by atoms with Gasteiger partial charge in [0.25, 0.3) is 0 Å². The van der Waals surface area contributed by atoms with Crippen LogP contribution in [-0.2, 0) is 0 Å². The van der Waals surface area contributed by atoms with E-state index in [4.69, 9.17) is 0 Å². The molecule has 72 heavy (non-hydrogen) atoms. The Morgan fingerprint density at radius 3 is 1.61 bits per heavy atom. The lowest BCUT2D eigenvalue weighted by Crippen LogP contribution is -2.29. The van der Waals surface area contributed by atoms with E-state index in [0.717, 1.165) is 42.0 Å². The van der Waals surface area contributed by atoms with Gasteiger partial charge in [-0.05, 0) is 145 Å². The molecule has 0 saturated carbocycles. The summed E-state index contributed by atoms with van der Waals surface area (Å²) in [6, 6.07) is 76.4. The molecule has 0 fully saturated rings. The van der Waals surface area contributed by atoms with Crippen molar-refractivity contribution in [2.45, 2.75) is 32.2 Å². The Hall–Kier alpha value is -8.86. The summed E-state index contributed by atoms with van der Waals surface area (Å²) in [5.74, 6) is 0. The molecule has 0 radical (unpaired) electrons. The van der Waals surface area contributed by atoms with Crippen LogP contribution in [0.1, 0.15) is 31.7 Å². The van der Waals surface area contributed by atoms with E-state index in [1.54, 1.807) is 0 Å². The number of nitrogens with zero attached hydrogens (tertiary/aromatic N) is 3. The summed E-state index contributed by atoms with van der Waals surface area (Å²) in [6.07, 6.45) is 27.1. The minimum atomic E-state index is 0.241. The van der Waals surface area contributed by atoms with Crippen LogP contribution in [0.4, 0.5) is 45.5 Å². The number of hydrogen-bond acceptors (Lipinski definition) is 4. The third-order valence-electron chi connectivity index (χ3n) is 13.3. The molecule has 4 heteroatoms. The topological polar surface area (TPSA) is 21.8 Å². The molecule has 11 rings (SSSR count). The average molecular weight is 933 g/mol. The molecule has 0 amide bonds. The highest BCUT2D eigenvalue weighted by Gasteiger charge is 2.22. The second kappa shape index (κ2) is 22.7. The molecule has 352 valence electrons. The number of nitrogens with one attached hydrogen (secondary N) is 1. The zero-order valence-electron chi connectivity index (χ0n) is 41.1. The summed E-state index contributed by atoms with van der Waals surface area (Å²) in [6.45, 7) is 2.02. The van der Waals surface area contributed by atoms with Crippen molar-refractivity contribution < 1.29 is 0 Å². The van der Waals surface area contributed by atoms with Gasteiger partial charge in [0.1, 0.15) is 0 Å². The van der Waals surface area contributed by atoms with Crippen LogP contribution in [0.25, 0.3) is 38.7 Å². The molecule has 0 bridgehead atoms. The molecular weight excluding hydrogens is 873 g/mol. The zero-order valence-corrected chi connectivity index (χ0v) is 41.1. The van der Waals surface area contributed by atoms with E-state index in [1.165, 1.54) is 66.7 Å². The highest BCUT2D eigenvalue weighted by Crippen LogP contribution is 2.41. The van der Waals surface area contributed by atoms with Crippen molar-refractivity contribution in [2.24, 2.45) is 0 Å². The fourth-order valence-electron chi connectivity index (χ4n) is 9.71. The number of para-hydroxylation sites is 1. The lowest BCUT2D eigenvalue weighted by molar-refractivity contribution is 0.785. The van der Waals surface area contributed by atoms with Crippen LogP contribution in [-0.4, -0.2) is 13.1 Å². The quantitative estimate of drug-likeness (QED) is 0.116. The predicted molar refractivity (Wildman–Crippen MR) is 312 cm³/mol. The lowest BCUT2D eigenvalue weighted by atomic mass is 10.0. The first-order valence-corrected chi connectivity index (χ1v) is 25.1. The Kier molecular flexibility index (Phi) is 14.8. The van der Waals surface area contributed by atoms with Gasteiger partial charge in [0.05, 0.1) is 17.4 Å². The monoisotopic (exact) mass is 932 g/mol. The highest BCUT2D eigenvalue weighted by atomic mass is 15.2. The van der Waals surface area contributed by atoms with Gasteiger partial charge in [-0.15, -0.1) is 0 Å². The fourth-order valence-corrected chi connectivity index (χ4v) is 9.71. The van der Waals surface area contributed by atoms with Gasteiger partial charge in [0.2, 0.25) is 0 Å². The molecule has 9 aromatic carbocycles. The number of fused-ring (bicyclic) bond motifs is 2. The van der Waals surface area contributed by atoms with Crippen molar-refractivity contribution in [1.82, 2.24) is 0 Å². The number of allylic oxidation sites excluding steroid dienone is 8. The van der Waals surface area contributed by atoms with E-state index in [2.05, 4.69) is 287 Å². The normalized spacial score (nSPS) is 14.0.